The van der Waals surface area contributed by atoms with E-state index in [2.05, 4.69) is 22.3 Å². The van der Waals surface area contributed by atoms with Crippen molar-refractivity contribution in [3.63, 3.8) is 0 Å². The summed E-state index contributed by atoms with van der Waals surface area (Å²) in [5, 5.41) is 11.0. The fourth-order valence-electron chi connectivity index (χ4n) is 3.41. The number of methoxy groups -OCH3 is 2. The van der Waals surface area contributed by atoms with E-state index >= 15 is 0 Å². The van der Waals surface area contributed by atoms with Crippen molar-refractivity contribution < 1.29 is 14.3 Å². The van der Waals surface area contributed by atoms with Crippen LogP contribution in [0.5, 0.6) is 11.5 Å². The van der Waals surface area contributed by atoms with Crippen LogP contribution in [0.3, 0.4) is 0 Å². The Morgan fingerprint density at radius 1 is 1.03 bits per heavy atom. The predicted octanol–water partition coefficient (Wildman–Crippen LogP) is 4.19. The number of fused-ring (bicyclic) bond motifs is 1. The minimum atomic E-state index is 0.0133. The highest BCUT2D eigenvalue weighted by Crippen LogP contribution is 2.27. The molecule has 3 aromatic carbocycles. The van der Waals surface area contributed by atoms with E-state index in [1.54, 1.807) is 25.4 Å². The van der Waals surface area contributed by atoms with Crippen molar-refractivity contribution >= 4 is 28.4 Å². The van der Waals surface area contributed by atoms with Crippen LogP contribution < -0.4 is 9.47 Å². The lowest BCUT2D eigenvalue weighted by atomic mass is 10.1. The Balaban J connectivity index is 1.41. The average Bonchev–Trinajstić information content (AvgIpc) is 3.30. The SMILES string of the molecule is COc1ccc2cc(CN(C)C(=O)CSc3nncn3-c3ccccc3OC)ccc2c1. The van der Waals surface area contributed by atoms with Gasteiger partial charge in [-0.25, -0.2) is 0 Å². The molecule has 7 nitrogen and oxygen atoms in total. The zero-order chi connectivity index (χ0) is 22.5. The van der Waals surface area contributed by atoms with E-state index in [9.17, 15) is 4.79 Å². The monoisotopic (exact) mass is 448 g/mol. The highest BCUT2D eigenvalue weighted by atomic mass is 32.2. The standard InChI is InChI=1S/C24H24N4O3S/c1-27(14-17-8-9-19-13-20(30-2)11-10-18(19)12-17)23(29)15-32-24-26-25-16-28(24)21-6-4-5-7-22(21)31-3/h4-13,16H,14-15H2,1-3H3. The van der Waals surface area contributed by atoms with Crippen molar-refractivity contribution in [2.45, 2.75) is 11.7 Å². The molecule has 32 heavy (non-hydrogen) atoms. The molecule has 164 valence electrons. The maximum absolute atomic E-state index is 12.8. The fourth-order valence-corrected chi connectivity index (χ4v) is 4.28. The van der Waals surface area contributed by atoms with Crippen molar-refractivity contribution in [2.75, 3.05) is 27.0 Å². The van der Waals surface area contributed by atoms with Crippen LogP contribution in [0.15, 0.2) is 72.1 Å². The number of nitrogens with zero attached hydrogens (tertiary/aromatic N) is 4. The molecular formula is C24H24N4O3S. The number of aromatic nitrogens is 3. The first kappa shape index (κ1) is 21.7. The summed E-state index contributed by atoms with van der Waals surface area (Å²) in [4.78, 5) is 14.5. The molecule has 8 heteroatoms. The first-order valence-corrected chi connectivity index (χ1v) is 11.0. The zero-order valence-corrected chi connectivity index (χ0v) is 19.0. The number of amides is 1. The number of carbonyl (C=O) groups excluding carboxylic acids is 1. The number of thioether (sulfide) groups is 1. The maximum Gasteiger partial charge on any atom is 0.233 e. The molecule has 0 spiro atoms. The summed E-state index contributed by atoms with van der Waals surface area (Å²) in [5.74, 6) is 1.82. The van der Waals surface area contributed by atoms with Gasteiger partial charge in [-0.05, 0) is 46.7 Å². The number of carbonyl (C=O) groups is 1. The van der Waals surface area contributed by atoms with Gasteiger partial charge in [0.1, 0.15) is 17.8 Å². The molecule has 0 saturated heterocycles. The van der Waals surface area contributed by atoms with Crippen molar-refractivity contribution in [1.29, 1.82) is 0 Å². The third-order valence-corrected chi connectivity index (χ3v) is 6.07. The molecule has 4 rings (SSSR count). The van der Waals surface area contributed by atoms with Crippen molar-refractivity contribution in [3.8, 4) is 17.2 Å². The largest absolute Gasteiger partial charge is 0.497 e. The van der Waals surface area contributed by atoms with Crippen LogP contribution in [-0.2, 0) is 11.3 Å². The van der Waals surface area contributed by atoms with Gasteiger partial charge in [-0.15, -0.1) is 10.2 Å². The quantitative estimate of drug-likeness (QED) is 0.377. The van der Waals surface area contributed by atoms with E-state index in [-0.39, 0.29) is 11.7 Å². The van der Waals surface area contributed by atoms with Crippen LogP contribution in [0.2, 0.25) is 0 Å². The molecular weight excluding hydrogens is 424 g/mol. The van der Waals surface area contributed by atoms with Gasteiger partial charge in [0.15, 0.2) is 5.16 Å². The predicted molar refractivity (Wildman–Crippen MR) is 126 cm³/mol. The summed E-state index contributed by atoms with van der Waals surface area (Å²) in [6, 6.07) is 19.8. The minimum absolute atomic E-state index is 0.0133. The van der Waals surface area contributed by atoms with Crippen LogP contribution in [-0.4, -0.2) is 52.6 Å². The molecule has 0 bridgehead atoms. The van der Waals surface area contributed by atoms with Gasteiger partial charge in [-0.1, -0.05) is 42.1 Å². The van der Waals surface area contributed by atoms with Gasteiger partial charge in [0.05, 0.1) is 25.7 Å². The summed E-state index contributed by atoms with van der Waals surface area (Å²) < 4.78 is 12.5. The Morgan fingerprint density at radius 2 is 1.81 bits per heavy atom. The summed E-state index contributed by atoms with van der Waals surface area (Å²) in [5.41, 5.74) is 1.90. The zero-order valence-electron chi connectivity index (χ0n) is 18.2. The summed E-state index contributed by atoms with van der Waals surface area (Å²) >= 11 is 1.35. The molecule has 0 unspecified atom stereocenters. The number of benzene rings is 3. The molecule has 0 radical (unpaired) electrons. The third kappa shape index (κ3) is 4.70. The first-order chi connectivity index (χ1) is 15.6. The summed E-state index contributed by atoms with van der Waals surface area (Å²) in [6.07, 6.45) is 1.62. The second-order valence-electron chi connectivity index (χ2n) is 7.24. The van der Waals surface area contributed by atoms with Crippen molar-refractivity contribution in [2.24, 2.45) is 0 Å². The Hall–Kier alpha value is -3.52. The van der Waals surface area contributed by atoms with E-state index in [0.29, 0.717) is 17.5 Å². The van der Waals surface area contributed by atoms with Gasteiger partial charge in [-0.3, -0.25) is 9.36 Å². The molecule has 1 heterocycles. The smallest absolute Gasteiger partial charge is 0.233 e. The lowest BCUT2D eigenvalue weighted by Crippen LogP contribution is -2.27. The van der Waals surface area contributed by atoms with Gasteiger partial charge in [0, 0.05) is 13.6 Å². The summed E-state index contributed by atoms with van der Waals surface area (Å²) in [7, 11) is 5.09. The molecule has 1 aromatic heterocycles. The highest BCUT2D eigenvalue weighted by Gasteiger charge is 2.15. The molecule has 0 fully saturated rings. The van der Waals surface area contributed by atoms with Gasteiger partial charge in [-0.2, -0.15) is 0 Å². The third-order valence-electron chi connectivity index (χ3n) is 5.14. The van der Waals surface area contributed by atoms with Crippen LogP contribution in [0.1, 0.15) is 5.56 Å². The molecule has 0 atom stereocenters. The van der Waals surface area contributed by atoms with Gasteiger partial charge >= 0.3 is 0 Å². The Morgan fingerprint density at radius 3 is 2.62 bits per heavy atom. The van der Waals surface area contributed by atoms with E-state index in [0.717, 1.165) is 27.8 Å². The van der Waals surface area contributed by atoms with Gasteiger partial charge < -0.3 is 14.4 Å². The van der Waals surface area contributed by atoms with Crippen molar-refractivity contribution in [3.05, 3.63) is 72.6 Å². The van der Waals surface area contributed by atoms with E-state index in [1.165, 1.54) is 11.8 Å². The van der Waals surface area contributed by atoms with E-state index in [1.807, 2.05) is 60.1 Å². The first-order valence-electron chi connectivity index (χ1n) is 10.1. The molecule has 0 aliphatic heterocycles. The van der Waals surface area contributed by atoms with E-state index in [4.69, 9.17) is 9.47 Å². The fraction of sp³-hybridized carbons (Fsp3) is 0.208. The molecule has 1 amide bonds. The lowest BCUT2D eigenvalue weighted by molar-refractivity contribution is -0.127. The Bertz CT molecular complexity index is 1240. The van der Waals surface area contributed by atoms with Gasteiger partial charge in [0.25, 0.3) is 0 Å². The van der Waals surface area contributed by atoms with Crippen LogP contribution in [0, 0.1) is 0 Å². The number of hydrogen-bond acceptors (Lipinski definition) is 6. The topological polar surface area (TPSA) is 69.5 Å². The van der Waals surface area contributed by atoms with Crippen molar-refractivity contribution in [1.82, 2.24) is 19.7 Å². The average molecular weight is 449 g/mol. The van der Waals surface area contributed by atoms with Gasteiger partial charge in [0.2, 0.25) is 5.91 Å². The Kier molecular flexibility index (Phi) is 6.61. The maximum atomic E-state index is 12.8. The molecule has 4 aromatic rings. The normalized spacial score (nSPS) is 10.8. The number of ether oxygens (including phenoxy) is 2. The van der Waals surface area contributed by atoms with Crippen LogP contribution in [0.25, 0.3) is 16.5 Å². The molecule has 0 aliphatic rings. The molecule has 0 aliphatic carbocycles. The number of rotatable bonds is 8. The lowest BCUT2D eigenvalue weighted by Gasteiger charge is -2.17. The second kappa shape index (κ2) is 9.74. The Labute approximate surface area is 191 Å². The van der Waals surface area contributed by atoms with Crippen LogP contribution in [0.4, 0.5) is 0 Å². The van der Waals surface area contributed by atoms with Crippen LogP contribution >= 0.6 is 11.8 Å². The summed E-state index contributed by atoms with van der Waals surface area (Å²) in [6.45, 7) is 0.528. The highest BCUT2D eigenvalue weighted by molar-refractivity contribution is 7.99. The molecule has 0 saturated carbocycles. The van der Waals surface area contributed by atoms with E-state index < -0.39 is 0 Å². The second-order valence-corrected chi connectivity index (χ2v) is 8.18. The molecule has 0 N–H and O–H groups in total. The number of hydrogen-bond donors (Lipinski definition) is 0. The number of para-hydroxylation sites is 2. The minimum Gasteiger partial charge on any atom is -0.497 e.